The molecule has 252 valence electrons. The summed E-state index contributed by atoms with van der Waals surface area (Å²) in [6.07, 6.45) is -8.29. The number of fused-ring (bicyclic) bond motifs is 3. The van der Waals surface area contributed by atoms with Crippen LogP contribution in [0, 0.1) is 23.6 Å². The van der Waals surface area contributed by atoms with Gasteiger partial charge in [-0.05, 0) is 85.0 Å². The van der Waals surface area contributed by atoms with E-state index in [0.717, 1.165) is 5.57 Å². The van der Waals surface area contributed by atoms with Gasteiger partial charge in [-0.3, -0.25) is 9.59 Å². The SMILES string of the molecule is CC/C(=C\c1ccc(O)c(F)c1)CC[C@H]1OB(O)C[C@H]2C1=C(COC)C[C@H]1C(=O)N(c3cc(C(F)(F)F)cc(C(F)(F)F)c3)C(=O)[C@H]12. The van der Waals surface area contributed by atoms with E-state index >= 15 is 0 Å². The second kappa shape index (κ2) is 13.1. The third-order valence-corrected chi connectivity index (χ3v) is 8.98. The highest BCUT2D eigenvalue weighted by Gasteiger charge is 2.58. The van der Waals surface area contributed by atoms with Crippen LogP contribution in [-0.2, 0) is 31.3 Å². The summed E-state index contributed by atoms with van der Waals surface area (Å²) in [4.78, 5) is 28.0. The lowest BCUT2D eigenvalue weighted by molar-refractivity contribution is -0.143. The Hall–Kier alpha value is -3.69. The van der Waals surface area contributed by atoms with E-state index in [2.05, 4.69) is 0 Å². The maximum Gasteiger partial charge on any atom is 0.455 e. The Bertz CT molecular complexity index is 1590. The Morgan fingerprint density at radius 2 is 1.70 bits per heavy atom. The average Bonchev–Trinajstić information content (AvgIpc) is 3.24. The molecule has 0 radical (unpaired) electrons. The summed E-state index contributed by atoms with van der Waals surface area (Å²) < 4.78 is 107. The fourth-order valence-electron chi connectivity index (χ4n) is 6.91. The normalized spacial score (nSPS) is 23.8. The lowest BCUT2D eigenvalue weighted by Gasteiger charge is -2.43. The number of alkyl halides is 6. The van der Waals surface area contributed by atoms with Crippen molar-refractivity contribution in [3.05, 3.63) is 75.6 Å². The first kappa shape index (κ1) is 34.6. The minimum absolute atomic E-state index is 0.0114. The fourth-order valence-corrected chi connectivity index (χ4v) is 6.91. The van der Waals surface area contributed by atoms with Crippen LogP contribution in [0.2, 0.25) is 6.32 Å². The van der Waals surface area contributed by atoms with Crippen molar-refractivity contribution in [2.75, 3.05) is 18.6 Å². The summed E-state index contributed by atoms with van der Waals surface area (Å²) in [7, 11) is 0.0328. The van der Waals surface area contributed by atoms with Gasteiger partial charge in [0.15, 0.2) is 11.6 Å². The predicted molar refractivity (Wildman–Crippen MR) is 156 cm³/mol. The van der Waals surface area contributed by atoms with Crippen molar-refractivity contribution in [3.63, 3.8) is 0 Å². The molecule has 3 aliphatic rings. The topological polar surface area (TPSA) is 96.3 Å². The number of benzene rings is 2. The Morgan fingerprint density at radius 1 is 1.04 bits per heavy atom. The third kappa shape index (κ3) is 6.97. The first-order valence-electron chi connectivity index (χ1n) is 14.9. The molecule has 15 heteroatoms. The van der Waals surface area contributed by atoms with Gasteiger partial charge in [0.2, 0.25) is 11.8 Å². The predicted octanol–water partition coefficient (Wildman–Crippen LogP) is 6.79. The van der Waals surface area contributed by atoms with Crippen LogP contribution in [0.1, 0.15) is 49.3 Å². The summed E-state index contributed by atoms with van der Waals surface area (Å²) in [6, 6.07) is 4.59. The molecule has 2 amide bonds. The van der Waals surface area contributed by atoms with Crippen molar-refractivity contribution in [2.24, 2.45) is 17.8 Å². The molecule has 0 spiro atoms. The zero-order valence-electron chi connectivity index (χ0n) is 25.3. The number of allylic oxidation sites excluding steroid dienone is 1. The van der Waals surface area contributed by atoms with Crippen molar-refractivity contribution in [3.8, 4) is 5.75 Å². The number of ether oxygens (including phenoxy) is 1. The van der Waals surface area contributed by atoms with E-state index in [0.29, 0.717) is 53.0 Å². The maximum atomic E-state index is 13.9. The lowest BCUT2D eigenvalue weighted by Crippen LogP contribution is -2.46. The number of nitrogens with zero attached hydrogens (tertiary/aromatic N) is 1. The average molecular weight is 669 g/mol. The molecule has 2 aromatic carbocycles. The molecule has 2 saturated heterocycles. The highest BCUT2D eigenvalue weighted by molar-refractivity contribution is 6.43. The quantitative estimate of drug-likeness (QED) is 0.139. The van der Waals surface area contributed by atoms with Gasteiger partial charge in [0.05, 0.1) is 41.4 Å². The highest BCUT2D eigenvalue weighted by atomic mass is 19.4. The number of anilines is 1. The minimum atomic E-state index is -5.19. The number of carbonyl (C=O) groups excluding carboxylic acids is 2. The Morgan fingerprint density at radius 3 is 2.28 bits per heavy atom. The van der Waals surface area contributed by atoms with E-state index in [1.165, 1.54) is 19.2 Å². The van der Waals surface area contributed by atoms with Gasteiger partial charge in [0.1, 0.15) is 0 Å². The molecule has 2 aliphatic heterocycles. The van der Waals surface area contributed by atoms with Crippen molar-refractivity contribution in [1.82, 2.24) is 0 Å². The van der Waals surface area contributed by atoms with E-state index < -0.39 is 83.5 Å². The molecule has 1 aliphatic carbocycles. The van der Waals surface area contributed by atoms with Gasteiger partial charge in [0.25, 0.3) is 0 Å². The van der Waals surface area contributed by atoms with Crippen LogP contribution in [0.25, 0.3) is 6.08 Å². The van der Waals surface area contributed by atoms with Gasteiger partial charge >= 0.3 is 19.5 Å². The Kier molecular flexibility index (Phi) is 9.64. The van der Waals surface area contributed by atoms with E-state index in [1.54, 1.807) is 12.1 Å². The van der Waals surface area contributed by atoms with Crippen LogP contribution >= 0.6 is 0 Å². The molecule has 2 N–H and O–H groups in total. The monoisotopic (exact) mass is 669 g/mol. The number of carbonyl (C=O) groups is 2. The molecular formula is C32H31BF7NO6. The summed E-state index contributed by atoms with van der Waals surface area (Å²) in [5, 5.41) is 20.2. The minimum Gasteiger partial charge on any atom is -0.505 e. The number of hydrogen-bond acceptors (Lipinski definition) is 6. The molecule has 2 aromatic rings. The largest absolute Gasteiger partial charge is 0.505 e. The van der Waals surface area contributed by atoms with Crippen LogP contribution < -0.4 is 4.90 Å². The van der Waals surface area contributed by atoms with E-state index in [9.17, 15) is 50.5 Å². The molecule has 2 fully saturated rings. The van der Waals surface area contributed by atoms with Gasteiger partial charge in [-0.1, -0.05) is 24.6 Å². The molecule has 5 rings (SSSR count). The van der Waals surface area contributed by atoms with Gasteiger partial charge in [-0.15, -0.1) is 0 Å². The first-order valence-corrected chi connectivity index (χ1v) is 14.9. The molecule has 0 bridgehead atoms. The summed E-state index contributed by atoms with van der Waals surface area (Å²) >= 11 is 0. The number of rotatable bonds is 8. The van der Waals surface area contributed by atoms with Crippen molar-refractivity contribution in [1.29, 1.82) is 0 Å². The standard InChI is InChI=1S/C32H31BF7NO6/c1-3-16(8-17-4-6-25(42)24(34)9-17)5-7-26-27-18(15-46-2)10-22-28(23(27)14-33(45)47-26)30(44)41(29(22)43)21-12-19(31(35,36)37)11-20(13-21)32(38,39)40/h4,6,8-9,11-13,22-23,26,28,42,45H,3,5,7,10,14-15H2,1-2H3/b16-8+/t22-,23+,26-,28-/m1/s1. The summed E-state index contributed by atoms with van der Waals surface area (Å²) in [6.45, 7) is 1.90. The van der Waals surface area contributed by atoms with Gasteiger partial charge in [-0.2, -0.15) is 26.3 Å². The van der Waals surface area contributed by atoms with Crippen LogP contribution in [0.5, 0.6) is 5.75 Å². The number of phenolic OH excluding ortho intramolecular Hbond substituents is 1. The molecule has 0 unspecified atom stereocenters. The maximum absolute atomic E-state index is 13.9. The van der Waals surface area contributed by atoms with Crippen LogP contribution in [0.4, 0.5) is 36.4 Å². The van der Waals surface area contributed by atoms with Crippen molar-refractivity contribution < 1.29 is 59.8 Å². The number of imide groups is 1. The number of aromatic hydroxyl groups is 1. The van der Waals surface area contributed by atoms with E-state index in [-0.39, 0.29) is 25.4 Å². The van der Waals surface area contributed by atoms with Gasteiger partial charge < -0.3 is 19.5 Å². The zero-order valence-corrected chi connectivity index (χ0v) is 25.3. The first-order chi connectivity index (χ1) is 22.0. The highest BCUT2D eigenvalue weighted by Crippen LogP contribution is 2.52. The summed E-state index contributed by atoms with van der Waals surface area (Å²) in [5.41, 5.74) is -1.56. The van der Waals surface area contributed by atoms with Crippen molar-refractivity contribution >= 4 is 30.7 Å². The Labute approximate surface area is 265 Å². The molecule has 4 atom stereocenters. The van der Waals surface area contributed by atoms with E-state index in [4.69, 9.17) is 9.39 Å². The fraction of sp³-hybridized carbons (Fsp3) is 0.438. The van der Waals surface area contributed by atoms with Crippen LogP contribution in [-0.4, -0.2) is 48.9 Å². The lowest BCUT2D eigenvalue weighted by atomic mass is 9.58. The number of methoxy groups -OCH3 is 1. The van der Waals surface area contributed by atoms with Crippen LogP contribution in [0.15, 0.2) is 53.1 Å². The van der Waals surface area contributed by atoms with E-state index in [1.807, 2.05) is 6.92 Å². The van der Waals surface area contributed by atoms with Crippen molar-refractivity contribution in [2.45, 2.75) is 57.4 Å². The summed E-state index contributed by atoms with van der Waals surface area (Å²) in [5.74, 6) is -6.24. The smallest absolute Gasteiger partial charge is 0.455 e. The zero-order chi connectivity index (χ0) is 34.4. The number of phenols is 1. The van der Waals surface area contributed by atoms with Crippen LogP contribution in [0.3, 0.4) is 0 Å². The molecule has 0 aromatic heterocycles. The second-order valence-corrected chi connectivity index (χ2v) is 11.9. The molecule has 7 nitrogen and oxygen atoms in total. The van der Waals surface area contributed by atoms with Gasteiger partial charge in [0, 0.05) is 7.11 Å². The van der Waals surface area contributed by atoms with Gasteiger partial charge in [-0.25, -0.2) is 9.29 Å². The third-order valence-electron chi connectivity index (χ3n) is 8.98. The number of amides is 2. The molecule has 2 heterocycles. The molecule has 0 saturated carbocycles. The number of halogens is 7. The molecular weight excluding hydrogens is 638 g/mol. The number of hydrogen-bond donors (Lipinski definition) is 2. The molecule has 47 heavy (non-hydrogen) atoms. The second-order valence-electron chi connectivity index (χ2n) is 11.9. The Balaban J connectivity index is 1.48.